The number of carbonyl (C=O) groups is 3. The Balaban J connectivity index is 1.49. The zero-order valence-corrected chi connectivity index (χ0v) is 14.1. The van der Waals surface area contributed by atoms with E-state index in [0.29, 0.717) is 24.1 Å². The third-order valence-corrected chi connectivity index (χ3v) is 4.24. The quantitative estimate of drug-likeness (QED) is 0.825. The summed E-state index contributed by atoms with van der Waals surface area (Å²) in [6.07, 6.45) is 0.727. The van der Waals surface area contributed by atoms with E-state index in [1.165, 1.54) is 4.90 Å². The summed E-state index contributed by atoms with van der Waals surface area (Å²) in [6, 6.07) is 14.9. The van der Waals surface area contributed by atoms with Crippen molar-refractivity contribution in [1.82, 2.24) is 10.2 Å². The van der Waals surface area contributed by atoms with Crippen molar-refractivity contribution in [2.24, 2.45) is 0 Å². The summed E-state index contributed by atoms with van der Waals surface area (Å²) in [5, 5.41) is 2.84. The van der Waals surface area contributed by atoms with Crippen LogP contribution in [-0.2, 0) is 11.3 Å². The Labute approximate surface area is 146 Å². The molecule has 1 heterocycles. The van der Waals surface area contributed by atoms with Gasteiger partial charge in [0.05, 0.1) is 11.1 Å². The van der Waals surface area contributed by atoms with Crippen molar-refractivity contribution in [2.75, 3.05) is 6.54 Å². The standard InChI is InChI=1S/C20H20N2O3/c1-14-9-10-16-17(12-14)20(25)22(19(16)24)11-5-8-18(23)21-13-15-6-3-2-4-7-15/h2-4,6-7,9-10,12H,5,8,11,13H2,1H3,(H,21,23). The Bertz CT molecular complexity index is 815. The third kappa shape index (κ3) is 3.76. The number of nitrogens with zero attached hydrogens (tertiary/aromatic N) is 1. The Morgan fingerprint density at radius 1 is 1.00 bits per heavy atom. The van der Waals surface area contributed by atoms with Crippen LogP contribution >= 0.6 is 0 Å². The molecule has 0 aliphatic carbocycles. The van der Waals surface area contributed by atoms with Crippen molar-refractivity contribution in [1.29, 1.82) is 0 Å². The molecule has 3 rings (SSSR count). The largest absolute Gasteiger partial charge is 0.352 e. The van der Waals surface area contributed by atoms with E-state index < -0.39 is 0 Å². The molecule has 3 amide bonds. The second kappa shape index (κ2) is 7.30. The van der Waals surface area contributed by atoms with Gasteiger partial charge < -0.3 is 5.32 Å². The minimum atomic E-state index is -0.273. The molecule has 1 aliphatic rings. The lowest BCUT2D eigenvalue weighted by Gasteiger charge is -2.13. The molecule has 5 nitrogen and oxygen atoms in total. The van der Waals surface area contributed by atoms with Crippen molar-refractivity contribution in [3.8, 4) is 0 Å². The maximum Gasteiger partial charge on any atom is 0.261 e. The molecule has 2 aromatic rings. The van der Waals surface area contributed by atoms with Crippen LogP contribution in [0.15, 0.2) is 48.5 Å². The van der Waals surface area contributed by atoms with E-state index in [1.807, 2.05) is 43.3 Å². The average molecular weight is 336 g/mol. The van der Waals surface area contributed by atoms with Crippen LogP contribution in [-0.4, -0.2) is 29.2 Å². The summed E-state index contributed by atoms with van der Waals surface area (Å²) >= 11 is 0. The van der Waals surface area contributed by atoms with Gasteiger partial charge >= 0.3 is 0 Å². The monoisotopic (exact) mass is 336 g/mol. The fourth-order valence-corrected chi connectivity index (χ4v) is 2.89. The number of hydrogen-bond acceptors (Lipinski definition) is 3. The van der Waals surface area contributed by atoms with Crippen molar-refractivity contribution in [3.63, 3.8) is 0 Å². The molecular weight excluding hydrogens is 316 g/mol. The highest BCUT2D eigenvalue weighted by molar-refractivity contribution is 6.21. The molecule has 0 radical (unpaired) electrons. The van der Waals surface area contributed by atoms with Crippen molar-refractivity contribution >= 4 is 17.7 Å². The highest BCUT2D eigenvalue weighted by Gasteiger charge is 2.34. The average Bonchev–Trinajstić information content (AvgIpc) is 2.85. The normalized spacial score (nSPS) is 13.1. The van der Waals surface area contributed by atoms with Crippen LogP contribution in [0.4, 0.5) is 0 Å². The van der Waals surface area contributed by atoms with Crippen LogP contribution in [0.5, 0.6) is 0 Å². The Morgan fingerprint density at radius 3 is 2.48 bits per heavy atom. The minimum absolute atomic E-state index is 0.0868. The predicted molar refractivity (Wildman–Crippen MR) is 94.1 cm³/mol. The molecule has 2 aromatic carbocycles. The van der Waals surface area contributed by atoms with E-state index >= 15 is 0 Å². The molecule has 1 aliphatic heterocycles. The fourth-order valence-electron chi connectivity index (χ4n) is 2.89. The van der Waals surface area contributed by atoms with E-state index in [9.17, 15) is 14.4 Å². The van der Waals surface area contributed by atoms with Gasteiger partial charge in [-0.05, 0) is 31.0 Å². The van der Waals surface area contributed by atoms with Crippen LogP contribution in [0.3, 0.4) is 0 Å². The van der Waals surface area contributed by atoms with Gasteiger partial charge in [0.1, 0.15) is 0 Å². The van der Waals surface area contributed by atoms with Gasteiger partial charge in [-0.1, -0.05) is 42.0 Å². The van der Waals surface area contributed by atoms with Gasteiger partial charge in [-0.3, -0.25) is 19.3 Å². The van der Waals surface area contributed by atoms with Crippen molar-refractivity contribution in [3.05, 3.63) is 70.8 Å². The van der Waals surface area contributed by atoms with Crippen LogP contribution in [0.1, 0.15) is 44.7 Å². The van der Waals surface area contributed by atoms with Gasteiger partial charge in [-0.25, -0.2) is 0 Å². The lowest BCUT2D eigenvalue weighted by atomic mass is 10.1. The number of fused-ring (bicyclic) bond motifs is 1. The van der Waals surface area contributed by atoms with Gasteiger partial charge in [-0.2, -0.15) is 0 Å². The first-order chi connectivity index (χ1) is 12.1. The first-order valence-electron chi connectivity index (χ1n) is 8.34. The number of imide groups is 1. The minimum Gasteiger partial charge on any atom is -0.352 e. The smallest absolute Gasteiger partial charge is 0.261 e. The summed E-state index contributed by atoms with van der Waals surface area (Å²) in [5.74, 6) is -0.630. The van der Waals surface area contributed by atoms with Gasteiger partial charge in [0.25, 0.3) is 11.8 Å². The van der Waals surface area contributed by atoms with E-state index in [2.05, 4.69) is 5.32 Å². The van der Waals surface area contributed by atoms with Gasteiger partial charge in [0.15, 0.2) is 0 Å². The molecule has 0 unspecified atom stereocenters. The molecule has 25 heavy (non-hydrogen) atoms. The second-order valence-corrected chi connectivity index (χ2v) is 6.18. The van der Waals surface area contributed by atoms with E-state index in [0.717, 1.165) is 11.1 Å². The molecule has 5 heteroatoms. The van der Waals surface area contributed by atoms with Gasteiger partial charge in [0, 0.05) is 19.5 Å². The summed E-state index contributed by atoms with van der Waals surface area (Å²) in [4.78, 5) is 37.8. The number of amides is 3. The van der Waals surface area contributed by atoms with Crippen LogP contribution in [0, 0.1) is 6.92 Å². The summed E-state index contributed by atoms with van der Waals surface area (Å²) < 4.78 is 0. The molecule has 0 saturated heterocycles. The molecule has 0 saturated carbocycles. The first-order valence-corrected chi connectivity index (χ1v) is 8.34. The zero-order valence-electron chi connectivity index (χ0n) is 14.1. The van der Waals surface area contributed by atoms with E-state index in [1.54, 1.807) is 12.1 Å². The number of benzene rings is 2. The third-order valence-electron chi connectivity index (χ3n) is 4.24. The predicted octanol–water partition coefficient (Wildman–Crippen LogP) is 2.69. The van der Waals surface area contributed by atoms with Crippen molar-refractivity contribution < 1.29 is 14.4 Å². The Morgan fingerprint density at radius 2 is 1.72 bits per heavy atom. The maximum absolute atomic E-state index is 12.4. The van der Waals surface area contributed by atoms with Crippen LogP contribution in [0.2, 0.25) is 0 Å². The van der Waals surface area contributed by atoms with Crippen molar-refractivity contribution in [2.45, 2.75) is 26.3 Å². The van der Waals surface area contributed by atoms with Gasteiger partial charge in [-0.15, -0.1) is 0 Å². The molecule has 0 bridgehead atoms. The molecule has 128 valence electrons. The molecule has 0 fully saturated rings. The summed E-state index contributed by atoms with van der Waals surface area (Å²) in [7, 11) is 0. The topological polar surface area (TPSA) is 66.5 Å². The first kappa shape index (κ1) is 16.9. The highest BCUT2D eigenvalue weighted by Crippen LogP contribution is 2.24. The van der Waals surface area contributed by atoms with E-state index in [4.69, 9.17) is 0 Å². The highest BCUT2D eigenvalue weighted by atomic mass is 16.2. The summed E-state index contributed by atoms with van der Waals surface area (Å²) in [6.45, 7) is 2.62. The molecule has 0 spiro atoms. The molecule has 0 atom stereocenters. The fraction of sp³-hybridized carbons (Fsp3) is 0.250. The number of rotatable bonds is 6. The van der Waals surface area contributed by atoms with Crippen LogP contribution < -0.4 is 5.32 Å². The molecule has 0 aromatic heterocycles. The summed E-state index contributed by atoms with van der Waals surface area (Å²) in [5.41, 5.74) is 2.89. The van der Waals surface area contributed by atoms with Gasteiger partial charge in [0.2, 0.25) is 5.91 Å². The lowest BCUT2D eigenvalue weighted by Crippen LogP contribution is -2.32. The SMILES string of the molecule is Cc1ccc2c(c1)C(=O)N(CCCC(=O)NCc1ccccc1)C2=O. The molecule has 1 N–H and O–H groups in total. The number of hydrogen-bond donors (Lipinski definition) is 1. The van der Waals surface area contributed by atoms with Crippen LogP contribution in [0.25, 0.3) is 0 Å². The second-order valence-electron chi connectivity index (χ2n) is 6.18. The lowest BCUT2D eigenvalue weighted by molar-refractivity contribution is -0.121. The molecular formula is C20H20N2O3. The number of aryl methyl sites for hydroxylation is 1. The zero-order chi connectivity index (χ0) is 17.8. The number of carbonyl (C=O) groups excluding carboxylic acids is 3. The maximum atomic E-state index is 12.4. The Hall–Kier alpha value is -2.95. The van der Waals surface area contributed by atoms with E-state index in [-0.39, 0.29) is 30.7 Å². The number of nitrogens with one attached hydrogen (secondary N) is 1. The Kier molecular flexibility index (Phi) is 4.93.